The summed E-state index contributed by atoms with van der Waals surface area (Å²) in [5.41, 5.74) is 2.73. The number of nitrogens with zero attached hydrogens (tertiary/aromatic N) is 2. The van der Waals surface area contributed by atoms with E-state index in [0.717, 1.165) is 25.0 Å². The van der Waals surface area contributed by atoms with Crippen LogP contribution in [0.2, 0.25) is 0 Å². The van der Waals surface area contributed by atoms with Gasteiger partial charge in [-0.05, 0) is 36.1 Å². The fourth-order valence-corrected chi connectivity index (χ4v) is 3.79. The molecule has 0 saturated heterocycles. The maximum Gasteiger partial charge on any atom is 0.306 e. The molecule has 2 aromatic heterocycles. The van der Waals surface area contributed by atoms with E-state index >= 15 is 0 Å². The van der Waals surface area contributed by atoms with Gasteiger partial charge in [0.05, 0.1) is 0 Å². The lowest BCUT2D eigenvalue weighted by atomic mass is 10.1. The first kappa shape index (κ1) is 16.7. The molecule has 5 nitrogen and oxygen atoms in total. The second kappa shape index (κ2) is 6.30. The highest BCUT2D eigenvalue weighted by Crippen LogP contribution is 2.29. The molecule has 0 unspecified atom stereocenters. The zero-order valence-corrected chi connectivity index (χ0v) is 14.7. The SMILES string of the molecule is O=C(NC1Cc2ccccc2C1)c1c(-c2ccc(F)cc2F)nc2occn12. The lowest BCUT2D eigenvalue weighted by Gasteiger charge is -2.12. The average molecular weight is 379 g/mol. The van der Waals surface area contributed by atoms with Crippen molar-refractivity contribution in [1.82, 2.24) is 14.7 Å². The number of carbonyl (C=O) groups excluding carboxylic acids is 1. The molecule has 2 heterocycles. The maximum atomic E-state index is 14.3. The third-order valence-corrected chi connectivity index (χ3v) is 5.05. The van der Waals surface area contributed by atoms with Gasteiger partial charge < -0.3 is 9.73 Å². The first-order valence-corrected chi connectivity index (χ1v) is 8.89. The van der Waals surface area contributed by atoms with E-state index in [1.54, 1.807) is 6.20 Å². The topological polar surface area (TPSA) is 59.5 Å². The van der Waals surface area contributed by atoms with Crippen LogP contribution < -0.4 is 5.32 Å². The minimum atomic E-state index is -0.789. The molecular weight excluding hydrogens is 364 g/mol. The van der Waals surface area contributed by atoms with Crippen molar-refractivity contribution in [3.05, 3.63) is 83.4 Å². The quantitative estimate of drug-likeness (QED) is 0.590. The summed E-state index contributed by atoms with van der Waals surface area (Å²) < 4.78 is 34.4. The van der Waals surface area contributed by atoms with Gasteiger partial charge in [-0.3, -0.25) is 9.20 Å². The number of carbonyl (C=O) groups is 1. The zero-order valence-electron chi connectivity index (χ0n) is 14.7. The number of amides is 1. The predicted molar refractivity (Wildman–Crippen MR) is 97.9 cm³/mol. The number of hydrogen-bond acceptors (Lipinski definition) is 3. The molecule has 0 atom stereocenters. The van der Waals surface area contributed by atoms with Gasteiger partial charge in [0, 0.05) is 23.9 Å². The van der Waals surface area contributed by atoms with Crippen molar-refractivity contribution in [3.63, 3.8) is 0 Å². The van der Waals surface area contributed by atoms with Crippen LogP contribution in [0.3, 0.4) is 0 Å². The molecule has 1 aliphatic carbocycles. The summed E-state index contributed by atoms with van der Waals surface area (Å²) in [6.07, 6.45) is 4.41. The minimum absolute atomic E-state index is 0.0418. The van der Waals surface area contributed by atoms with Crippen molar-refractivity contribution >= 4 is 11.8 Å². The van der Waals surface area contributed by atoms with Gasteiger partial charge in [0.2, 0.25) is 0 Å². The van der Waals surface area contributed by atoms with Crippen molar-refractivity contribution in [2.24, 2.45) is 0 Å². The summed E-state index contributed by atoms with van der Waals surface area (Å²) in [6.45, 7) is 0. The number of fused-ring (bicyclic) bond motifs is 2. The molecule has 1 amide bonds. The van der Waals surface area contributed by atoms with E-state index in [1.807, 2.05) is 24.3 Å². The van der Waals surface area contributed by atoms with Gasteiger partial charge in [0.25, 0.3) is 5.91 Å². The Labute approximate surface area is 158 Å². The molecule has 2 aromatic carbocycles. The Morgan fingerprint density at radius 1 is 1.14 bits per heavy atom. The van der Waals surface area contributed by atoms with Gasteiger partial charge in [-0.2, -0.15) is 4.98 Å². The Hall–Kier alpha value is -3.48. The average Bonchev–Trinajstić information content (AvgIpc) is 3.34. The Bertz CT molecular complexity index is 1190. The van der Waals surface area contributed by atoms with Crippen LogP contribution >= 0.6 is 0 Å². The van der Waals surface area contributed by atoms with Crippen LogP contribution in [0.15, 0.2) is 59.3 Å². The van der Waals surface area contributed by atoms with Gasteiger partial charge in [0.15, 0.2) is 0 Å². The standard InChI is InChI=1S/C21H15F2N3O2/c22-14-5-6-16(17(23)11-14)18-19(26-7-8-28-21(26)25-18)20(27)24-15-9-12-3-1-2-4-13(12)10-15/h1-8,11,15H,9-10H2,(H,24,27). The second-order valence-corrected chi connectivity index (χ2v) is 6.84. The van der Waals surface area contributed by atoms with Crippen molar-refractivity contribution in [1.29, 1.82) is 0 Å². The smallest absolute Gasteiger partial charge is 0.306 e. The molecule has 1 aliphatic rings. The monoisotopic (exact) mass is 379 g/mol. The molecular formula is C21H15F2N3O2. The van der Waals surface area contributed by atoms with E-state index in [4.69, 9.17) is 4.42 Å². The van der Waals surface area contributed by atoms with Gasteiger partial charge in [-0.25, -0.2) is 8.78 Å². The van der Waals surface area contributed by atoms with E-state index in [1.165, 1.54) is 27.9 Å². The molecule has 0 fully saturated rings. The van der Waals surface area contributed by atoms with E-state index in [0.29, 0.717) is 0 Å². The van der Waals surface area contributed by atoms with E-state index in [2.05, 4.69) is 10.3 Å². The van der Waals surface area contributed by atoms with Crippen LogP contribution in [-0.2, 0) is 12.8 Å². The number of benzene rings is 2. The Kier molecular flexibility index (Phi) is 3.75. The number of imidazole rings is 1. The third-order valence-electron chi connectivity index (χ3n) is 5.05. The molecule has 7 heteroatoms. The number of rotatable bonds is 3. The second-order valence-electron chi connectivity index (χ2n) is 6.84. The highest BCUT2D eigenvalue weighted by Gasteiger charge is 2.28. The van der Waals surface area contributed by atoms with Crippen LogP contribution in [0.25, 0.3) is 17.1 Å². The Balaban J connectivity index is 1.51. The van der Waals surface area contributed by atoms with Crippen LogP contribution in [0, 0.1) is 11.6 Å². The third kappa shape index (κ3) is 2.67. The van der Waals surface area contributed by atoms with Gasteiger partial charge >= 0.3 is 5.84 Å². The van der Waals surface area contributed by atoms with Gasteiger partial charge in [-0.15, -0.1) is 0 Å². The fraction of sp³-hybridized carbons (Fsp3) is 0.143. The molecule has 0 spiro atoms. The predicted octanol–water partition coefficient (Wildman–Crippen LogP) is 3.77. The highest BCUT2D eigenvalue weighted by atomic mass is 19.1. The summed E-state index contributed by atoms with van der Waals surface area (Å²) in [6, 6.07) is 11.2. The molecule has 0 saturated carbocycles. The van der Waals surface area contributed by atoms with Crippen molar-refractivity contribution < 1.29 is 18.0 Å². The first-order valence-electron chi connectivity index (χ1n) is 8.89. The Morgan fingerprint density at radius 3 is 2.61 bits per heavy atom. The molecule has 28 heavy (non-hydrogen) atoms. The summed E-state index contributed by atoms with van der Waals surface area (Å²) in [7, 11) is 0. The molecule has 1 N–H and O–H groups in total. The van der Waals surface area contributed by atoms with Crippen molar-refractivity contribution in [3.8, 4) is 11.3 Å². The van der Waals surface area contributed by atoms with Crippen LogP contribution in [0.5, 0.6) is 0 Å². The normalized spacial score (nSPS) is 13.8. The van der Waals surface area contributed by atoms with Crippen molar-refractivity contribution in [2.45, 2.75) is 18.9 Å². The van der Waals surface area contributed by atoms with E-state index in [9.17, 15) is 13.6 Å². The van der Waals surface area contributed by atoms with Crippen LogP contribution in [0.4, 0.5) is 8.78 Å². The molecule has 0 bridgehead atoms. The van der Waals surface area contributed by atoms with Gasteiger partial charge in [-0.1, -0.05) is 24.3 Å². The molecule has 0 radical (unpaired) electrons. The maximum absolute atomic E-state index is 14.3. The molecule has 140 valence electrons. The molecule has 0 aliphatic heterocycles. The van der Waals surface area contributed by atoms with Crippen LogP contribution in [0.1, 0.15) is 21.6 Å². The minimum Gasteiger partial charge on any atom is -0.432 e. The summed E-state index contributed by atoms with van der Waals surface area (Å²) in [5, 5.41) is 3.01. The largest absolute Gasteiger partial charge is 0.432 e. The summed E-state index contributed by atoms with van der Waals surface area (Å²) in [5.74, 6) is -1.70. The van der Waals surface area contributed by atoms with Gasteiger partial charge in [0.1, 0.15) is 29.3 Å². The summed E-state index contributed by atoms with van der Waals surface area (Å²) >= 11 is 0. The number of oxazole rings is 1. The zero-order chi connectivity index (χ0) is 19.3. The first-order chi connectivity index (χ1) is 13.6. The lowest BCUT2D eigenvalue weighted by molar-refractivity contribution is 0.0933. The van der Waals surface area contributed by atoms with Crippen LogP contribution in [-0.4, -0.2) is 21.3 Å². The Morgan fingerprint density at radius 2 is 1.89 bits per heavy atom. The van der Waals surface area contributed by atoms with E-state index < -0.39 is 11.6 Å². The highest BCUT2D eigenvalue weighted by molar-refractivity contribution is 5.99. The van der Waals surface area contributed by atoms with Crippen molar-refractivity contribution in [2.75, 3.05) is 0 Å². The lowest BCUT2D eigenvalue weighted by Crippen LogP contribution is -2.36. The van der Waals surface area contributed by atoms with E-state index in [-0.39, 0.29) is 34.7 Å². The number of halogens is 2. The molecule has 5 rings (SSSR count). The number of nitrogens with one attached hydrogen (secondary N) is 1. The fourth-order valence-electron chi connectivity index (χ4n) is 3.79. The number of aromatic nitrogens is 2. The molecule has 4 aromatic rings. The summed E-state index contributed by atoms with van der Waals surface area (Å²) in [4.78, 5) is 17.3. The number of hydrogen-bond donors (Lipinski definition) is 1.